The molecule has 0 atom stereocenters. The number of hydrogen-bond donors (Lipinski definition) is 1. The molecule has 0 unspecified atom stereocenters. The number of nitrogens with zero attached hydrogens (tertiary/aromatic N) is 2. The number of aromatic amines is 1. The van der Waals surface area contributed by atoms with Crippen LogP contribution in [-0.2, 0) is 6.42 Å². The van der Waals surface area contributed by atoms with E-state index >= 15 is 0 Å². The first-order chi connectivity index (χ1) is 11.1. The number of rotatable bonds is 5. The molecular formula is C17H15N3O3. The zero-order chi connectivity index (χ0) is 16.2. The highest BCUT2D eigenvalue weighted by Gasteiger charge is 2.10. The summed E-state index contributed by atoms with van der Waals surface area (Å²) in [4.78, 5) is 25.4. The van der Waals surface area contributed by atoms with Gasteiger partial charge in [-0.2, -0.15) is 0 Å². The third-order valence-electron chi connectivity index (χ3n) is 3.65. The van der Waals surface area contributed by atoms with Gasteiger partial charge in [0.05, 0.1) is 0 Å². The fraction of sp³-hybridized carbons (Fsp3) is 0.118. The van der Waals surface area contributed by atoms with Gasteiger partial charge in [0.1, 0.15) is 0 Å². The summed E-state index contributed by atoms with van der Waals surface area (Å²) < 4.78 is 1.49. The van der Waals surface area contributed by atoms with Crippen LogP contribution in [0.1, 0.15) is 15.9 Å². The molecule has 6 heteroatoms. The van der Waals surface area contributed by atoms with Crippen molar-refractivity contribution in [3.05, 3.63) is 76.2 Å². The molecule has 6 nitrogen and oxygen atoms in total. The SMILES string of the molecule is O=C(/C=C/c1cccc2[nH]cc(CC[N+](=O)[O-])c12)n1cccc1. The highest BCUT2D eigenvalue weighted by atomic mass is 16.6. The Morgan fingerprint density at radius 1 is 1.26 bits per heavy atom. The monoisotopic (exact) mass is 309 g/mol. The molecule has 1 aromatic carbocycles. The molecule has 0 aliphatic heterocycles. The van der Waals surface area contributed by atoms with E-state index in [-0.39, 0.29) is 17.4 Å². The Kier molecular flexibility index (Phi) is 4.05. The molecule has 2 aromatic heterocycles. The van der Waals surface area contributed by atoms with Crippen molar-refractivity contribution < 1.29 is 9.72 Å². The summed E-state index contributed by atoms with van der Waals surface area (Å²) in [5.74, 6) is -0.144. The number of fused-ring (bicyclic) bond motifs is 1. The third-order valence-corrected chi connectivity index (χ3v) is 3.65. The van der Waals surface area contributed by atoms with Gasteiger partial charge in [0.25, 0.3) is 5.91 Å². The minimum atomic E-state index is -0.327. The summed E-state index contributed by atoms with van der Waals surface area (Å²) in [6.07, 6.45) is 8.76. The van der Waals surface area contributed by atoms with Gasteiger partial charge >= 0.3 is 0 Å². The predicted octanol–water partition coefficient (Wildman–Crippen LogP) is 3.14. The molecule has 2 heterocycles. The van der Waals surface area contributed by atoms with Crippen LogP contribution in [0.4, 0.5) is 0 Å². The lowest BCUT2D eigenvalue weighted by atomic mass is 10.0. The van der Waals surface area contributed by atoms with E-state index in [0.29, 0.717) is 6.42 Å². The molecule has 3 rings (SSSR count). The maximum absolute atomic E-state index is 12.0. The summed E-state index contributed by atoms with van der Waals surface area (Å²) in [6.45, 7) is -0.118. The van der Waals surface area contributed by atoms with E-state index in [0.717, 1.165) is 22.0 Å². The van der Waals surface area contributed by atoms with Crippen LogP contribution >= 0.6 is 0 Å². The normalized spacial score (nSPS) is 11.3. The minimum Gasteiger partial charge on any atom is -0.361 e. The van der Waals surface area contributed by atoms with E-state index in [1.54, 1.807) is 36.8 Å². The van der Waals surface area contributed by atoms with Crippen LogP contribution in [-0.4, -0.2) is 26.9 Å². The van der Waals surface area contributed by atoms with E-state index in [1.807, 2.05) is 18.2 Å². The van der Waals surface area contributed by atoms with Gasteiger partial charge in [-0.15, -0.1) is 0 Å². The van der Waals surface area contributed by atoms with Crippen molar-refractivity contribution in [2.24, 2.45) is 0 Å². The van der Waals surface area contributed by atoms with E-state index in [2.05, 4.69) is 4.98 Å². The average Bonchev–Trinajstić information content (AvgIpc) is 3.20. The van der Waals surface area contributed by atoms with Gasteiger partial charge in [-0.05, 0) is 35.4 Å². The van der Waals surface area contributed by atoms with Gasteiger partial charge in [0.15, 0.2) is 0 Å². The Bertz CT molecular complexity index is 876. The van der Waals surface area contributed by atoms with E-state index in [4.69, 9.17) is 0 Å². The third kappa shape index (κ3) is 3.21. The predicted molar refractivity (Wildman–Crippen MR) is 88.0 cm³/mol. The number of carbonyl (C=O) groups excluding carboxylic acids is 1. The van der Waals surface area contributed by atoms with Crippen molar-refractivity contribution >= 4 is 22.9 Å². The average molecular weight is 309 g/mol. The Balaban J connectivity index is 1.92. The molecule has 116 valence electrons. The largest absolute Gasteiger partial charge is 0.361 e. The first kappa shape index (κ1) is 14.8. The molecule has 0 fully saturated rings. The second kappa shape index (κ2) is 6.31. The molecular weight excluding hydrogens is 294 g/mol. The smallest absolute Gasteiger partial charge is 0.254 e. The highest BCUT2D eigenvalue weighted by molar-refractivity contribution is 5.98. The maximum Gasteiger partial charge on any atom is 0.254 e. The number of hydrogen-bond acceptors (Lipinski definition) is 3. The van der Waals surface area contributed by atoms with Crippen molar-refractivity contribution in [1.82, 2.24) is 9.55 Å². The molecule has 0 saturated heterocycles. The Hall–Kier alpha value is -3.15. The van der Waals surface area contributed by atoms with Crippen LogP contribution < -0.4 is 0 Å². The van der Waals surface area contributed by atoms with Crippen LogP contribution in [0.25, 0.3) is 17.0 Å². The first-order valence-corrected chi connectivity index (χ1v) is 7.21. The van der Waals surface area contributed by atoms with Gasteiger partial charge in [0.2, 0.25) is 6.54 Å². The lowest BCUT2D eigenvalue weighted by molar-refractivity contribution is -0.479. The fourth-order valence-electron chi connectivity index (χ4n) is 2.56. The second-order valence-electron chi connectivity index (χ2n) is 5.15. The summed E-state index contributed by atoms with van der Waals surface area (Å²) >= 11 is 0. The number of benzene rings is 1. The highest BCUT2D eigenvalue weighted by Crippen LogP contribution is 2.24. The lowest BCUT2D eigenvalue weighted by Crippen LogP contribution is -2.04. The second-order valence-corrected chi connectivity index (χ2v) is 5.15. The zero-order valence-corrected chi connectivity index (χ0v) is 12.3. The van der Waals surface area contributed by atoms with Crippen molar-refractivity contribution in [3.8, 4) is 0 Å². The van der Waals surface area contributed by atoms with Crippen molar-refractivity contribution in [2.75, 3.05) is 6.54 Å². The zero-order valence-electron chi connectivity index (χ0n) is 12.3. The van der Waals surface area contributed by atoms with E-state index in [9.17, 15) is 14.9 Å². The molecule has 0 amide bonds. The number of aromatic nitrogens is 2. The summed E-state index contributed by atoms with van der Waals surface area (Å²) in [5.41, 5.74) is 2.65. The topological polar surface area (TPSA) is 80.9 Å². The van der Waals surface area contributed by atoms with Crippen LogP contribution in [0.3, 0.4) is 0 Å². The summed E-state index contributed by atoms with van der Waals surface area (Å²) in [6, 6.07) is 9.26. The van der Waals surface area contributed by atoms with Crippen LogP contribution in [0, 0.1) is 10.1 Å². The van der Waals surface area contributed by atoms with Gasteiger partial charge in [-0.25, -0.2) is 0 Å². The molecule has 1 N–H and O–H groups in total. The van der Waals surface area contributed by atoms with Gasteiger partial charge in [-0.1, -0.05) is 12.1 Å². The van der Waals surface area contributed by atoms with Crippen LogP contribution in [0.5, 0.6) is 0 Å². The van der Waals surface area contributed by atoms with Gasteiger partial charge in [-0.3, -0.25) is 19.5 Å². The molecule has 0 aliphatic rings. The Morgan fingerprint density at radius 3 is 2.78 bits per heavy atom. The van der Waals surface area contributed by atoms with Crippen molar-refractivity contribution in [1.29, 1.82) is 0 Å². The molecule has 23 heavy (non-hydrogen) atoms. The Morgan fingerprint density at radius 2 is 2.04 bits per heavy atom. The minimum absolute atomic E-state index is 0.118. The number of nitrogens with one attached hydrogen (secondary N) is 1. The van der Waals surface area contributed by atoms with Crippen molar-refractivity contribution in [3.63, 3.8) is 0 Å². The molecule has 0 bridgehead atoms. The van der Waals surface area contributed by atoms with Gasteiger partial charge < -0.3 is 4.98 Å². The van der Waals surface area contributed by atoms with Crippen molar-refractivity contribution in [2.45, 2.75) is 6.42 Å². The summed E-state index contributed by atoms with van der Waals surface area (Å²) in [7, 11) is 0. The van der Waals surface area contributed by atoms with Gasteiger partial charge in [0, 0.05) is 46.9 Å². The Labute approximate surface area is 132 Å². The number of nitro groups is 1. The lowest BCUT2D eigenvalue weighted by Gasteiger charge is -2.01. The molecule has 0 aliphatic carbocycles. The van der Waals surface area contributed by atoms with E-state index < -0.39 is 0 Å². The van der Waals surface area contributed by atoms with Crippen LogP contribution in [0.2, 0.25) is 0 Å². The van der Waals surface area contributed by atoms with E-state index in [1.165, 1.54) is 10.6 Å². The standard InChI is InChI=1S/C17H15N3O3/c21-16(19-9-1-2-10-19)7-6-13-4-3-5-15-17(13)14(12-18-15)8-11-20(22)23/h1-7,9-10,12,18H,8,11H2/b7-6+. The molecule has 3 aromatic rings. The number of carbonyl (C=O) groups is 1. The maximum atomic E-state index is 12.0. The summed E-state index contributed by atoms with van der Waals surface area (Å²) in [5, 5.41) is 11.5. The molecule has 0 spiro atoms. The molecule has 0 saturated carbocycles. The number of H-pyrrole nitrogens is 1. The first-order valence-electron chi connectivity index (χ1n) is 7.21. The molecule has 0 radical (unpaired) electrons. The quantitative estimate of drug-likeness (QED) is 0.446. The fourth-order valence-corrected chi connectivity index (χ4v) is 2.56. The number of allylic oxidation sites excluding steroid dienone is 1. The van der Waals surface area contributed by atoms with Crippen LogP contribution in [0.15, 0.2) is 55.0 Å².